The zero-order valence-corrected chi connectivity index (χ0v) is 17.1. The van der Waals surface area contributed by atoms with E-state index in [1.54, 1.807) is 10.4 Å². The SMILES string of the molecule is O=C(NC1CCN(S(=O)(=O)CCCN2CCCC2)CC1)c1cc(C2CC2)on1. The number of hydrogen-bond acceptors (Lipinski definition) is 6. The summed E-state index contributed by atoms with van der Waals surface area (Å²) in [5.74, 6) is 1.19. The second-order valence-electron chi connectivity index (χ2n) is 8.25. The summed E-state index contributed by atoms with van der Waals surface area (Å²) in [5, 5.41) is 6.84. The Morgan fingerprint density at radius 3 is 2.54 bits per heavy atom. The van der Waals surface area contributed by atoms with Gasteiger partial charge in [-0.15, -0.1) is 0 Å². The van der Waals surface area contributed by atoms with Crippen LogP contribution in [0.1, 0.15) is 67.1 Å². The molecule has 0 radical (unpaired) electrons. The smallest absolute Gasteiger partial charge is 0.273 e. The van der Waals surface area contributed by atoms with Crippen LogP contribution in [0, 0.1) is 0 Å². The molecule has 1 amide bonds. The van der Waals surface area contributed by atoms with Crippen molar-refractivity contribution < 1.29 is 17.7 Å². The third kappa shape index (κ3) is 4.93. The number of carbonyl (C=O) groups is 1. The van der Waals surface area contributed by atoms with E-state index in [-0.39, 0.29) is 17.7 Å². The molecule has 3 fully saturated rings. The number of nitrogens with one attached hydrogen (secondary N) is 1. The van der Waals surface area contributed by atoms with Gasteiger partial charge in [-0.1, -0.05) is 5.16 Å². The number of sulfonamides is 1. The lowest BCUT2D eigenvalue weighted by molar-refractivity contribution is 0.0914. The molecule has 1 saturated carbocycles. The molecule has 1 aliphatic carbocycles. The highest BCUT2D eigenvalue weighted by atomic mass is 32.2. The molecule has 2 aliphatic heterocycles. The molecule has 3 aliphatic rings. The molecule has 9 heteroatoms. The Labute approximate surface area is 166 Å². The lowest BCUT2D eigenvalue weighted by atomic mass is 10.1. The third-order valence-corrected chi connectivity index (χ3v) is 7.96. The van der Waals surface area contributed by atoms with E-state index >= 15 is 0 Å². The number of amides is 1. The van der Waals surface area contributed by atoms with Gasteiger partial charge in [0.1, 0.15) is 5.76 Å². The van der Waals surface area contributed by atoms with Crippen molar-refractivity contribution in [2.45, 2.75) is 56.9 Å². The summed E-state index contributed by atoms with van der Waals surface area (Å²) in [4.78, 5) is 14.7. The monoisotopic (exact) mass is 410 g/mol. The molecule has 0 bridgehead atoms. The van der Waals surface area contributed by atoms with E-state index in [1.807, 2.05) is 0 Å². The van der Waals surface area contributed by atoms with E-state index in [1.165, 1.54) is 12.8 Å². The molecule has 1 aromatic heterocycles. The third-order valence-electron chi connectivity index (χ3n) is 6.00. The maximum atomic E-state index is 12.6. The van der Waals surface area contributed by atoms with Gasteiger partial charge in [0.25, 0.3) is 5.91 Å². The highest BCUT2D eigenvalue weighted by Crippen LogP contribution is 2.40. The molecular formula is C19H30N4O4S. The molecule has 1 aromatic rings. The molecule has 4 rings (SSSR count). The second-order valence-corrected chi connectivity index (χ2v) is 10.3. The molecule has 3 heterocycles. The zero-order valence-electron chi connectivity index (χ0n) is 16.3. The maximum absolute atomic E-state index is 12.6. The van der Waals surface area contributed by atoms with Gasteiger partial charge in [-0.3, -0.25) is 4.79 Å². The van der Waals surface area contributed by atoms with E-state index in [0.717, 1.165) is 38.2 Å². The minimum atomic E-state index is -3.21. The molecule has 0 atom stereocenters. The summed E-state index contributed by atoms with van der Waals surface area (Å²) in [5.41, 5.74) is 0.318. The Hall–Kier alpha value is -1.45. The van der Waals surface area contributed by atoms with Gasteiger partial charge >= 0.3 is 0 Å². The van der Waals surface area contributed by atoms with E-state index < -0.39 is 10.0 Å². The molecule has 1 N–H and O–H groups in total. The Balaban J connectivity index is 1.20. The first kappa shape index (κ1) is 19.8. The van der Waals surface area contributed by atoms with Gasteiger partial charge in [-0.25, -0.2) is 12.7 Å². The van der Waals surface area contributed by atoms with Crippen LogP contribution in [0.4, 0.5) is 0 Å². The number of hydrogen-bond donors (Lipinski definition) is 1. The highest BCUT2D eigenvalue weighted by Gasteiger charge is 2.31. The summed E-state index contributed by atoms with van der Waals surface area (Å²) in [7, 11) is -3.21. The van der Waals surface area contributed by atoms with E-state index in [4.69, 9.17) is 4.52 Å². The van der Waals surface area contributed by atoms with Gasteiger partial charge in [0.15, 0.2) is 5.69 Å². The van der Waals surface area contributed by atoms with Crippen LogP contribution in [-0.4, -0.2) is 73.2 Å². The molecule has 2 saturated heterocycles. The van der Waals surface area contributed by atoms with Gasteiger partial charge in [-0.2, -0.15) is 0 Å². The first-order chi connectivity index (χ1) is 13.5. The van der Waals surface area contributed by atoms with E-state index in [2.05, 4.69) is 15.4 Å². The normalized spacial score (nSPS) is 22.6. The predicted octanol–water partition coefficient (Wildman–Crippen LogP) is 1.56. The Kier molecular flexibility index (Phi) is 6.03. The Morgan fingerprint density at radius 1 is 1.14 bits per heavy atom. The number of likely N-dealkylation sites (tertiary alicyclic amines) is 1. The van der Waals surface area contributed by atoms with Crippen molar-refractivity contribution in [2.75, 3.05) is 38.5 Å². The maximum Gasteiger partial charge on any atom is 0.273 e. The largest absolute Gasteiger partial charge is 0.360 e. The summed E-state index contributed by atoms with van der Waals surface area (Å²) in [6.45, 7) is 3.98. The van der Waals surface area contributed by atoms with Crippen molar-refractivity contribution >= 4 is 15.9 Å². The van der Waals surface area contributed by atoms with Crippen LogP contribution in [0.2, 0.25) is 0 Å². The van der Waals surface area contributed by atoms with Crippen molar-refractivity contribution in [3.8, 4) is 0 Å². The fraction of sp³-hybridized carbons (Fsp3) is 0.789. The number of piperidine rings is 1. The molecular weight excluding hydrogens is 380 g/mol. The molecule has 0 spiro atoms. The van der Waals surface area contributed by atoms with Crippen LogP contribution in [0.5, 0.6) is 0 Å². The average Bonchev–Trinajstić information content (AvgIpc) is 3.18. The summed E-state index contributed by atoms with van der Waals surface area (Å²) in [6.07, 6.45) is 6.59. The van der Waals surface area contributed by atoms with Crippen molar-refractivity contribution in [3.05, 3.63) is 17.5 Å². The molecule has 0 unspecified atom stereocenters. The first-order valence-electron chi connectivity index (χ1n) is 10.5. The van der Waals surface area contributed by atoms with E-state index in [9.17, 15) is 13.2 Å². The lowest BCUT2D eigenvalue weighted by Gasteiger charge is -2.31. The van der Waals surface area contributed by atoms with Gasteiger partial charge in [-0.05, 0) is 64.6 Å². The van der Waals surface area contributed by atoms with Crippen LogP contribution in [0.25, 0.3) is 0 Å². The topological polar surface area (TPSA) is 95.8 Å². The fourth-order valence-corrected chi connectivity index (χ4v) is 5.62. The van der Waals surface area contributed by atoms with Crippen molar-refractivity contribution in [3.63, 3.8) is 0 Å². The van der Waals surface area contributed by atoms with Crippen LogP contribution in [0.3, 0.4) is 0 Å². The average molecular weight is 411 g/mol. The summed E-state index contributed by atoms with van der Waals surface area (Å²) in [6, 6.07) is 1.71. The summed E-state index contributed by atoms with van der Waals surface area (Å²) >= 11 is 0. The number of nitrogens with zero attached hydrogens (tertiary/aromatic N) is 3. The minimum absolute atomic E-state index is 0.0235. The van der Waals surface area contributed by atoms with Gasteiger partial charge in [0, 0.05) is 31.1 Å². The van der Waals surface area contributed by atoms with Gasteiger partial charge in [0.2, 0.25) is 10.0 Å². The number of carbonyl (C=O) groups excluding carboxylic acids is 1. The van der Waals surface area contributed by atoms with Crippen molar-refractivity contribution in [1.82, 2.24) is 19.7 Å². The summed E-state index contributed by atoms with van der Waals surface area (Å²) < 4.78 is 32.0. The van der Waals surface area contributed by atoms with Crippen molar-refractivity contribution in [2.24, 2.45) is 0 Å². The highest BCUT2D eigenvalue weighted by molar-refractivity contribution is 7.89. The fourth-order valence-electron chi connectivity index (χ4n) is 4.10. The van der Waals surface area contributed by atoms with E-state index in [0.29, 0.717) is 44.0 Å². The quantitative estimate of drug-likeness (QED) is 0.699. The number of rotatable bonds is 8. The molecule has 0 aromatic carbocycles. The standard InChI is InChI=1S/C19H30N4O4S/c24-19(17-14-18(27-21-17)15-4-5-15)20-16-6-11-23(12-7-16)28(25,26)13-3-10-22-8-1-2-9-22/h14-16H,1-13H2,(H,20,24). The molecule has 28 heavy (non-hydrogen) atoms. The van der Waals surface area contributed by atoms with Crippen LogP contribution >= 0.6 is 0 Å². The number of aromatic nitrogens is 1. The van der Waals surface area contributed by atoms with Crippen LogP contribution in [-0.2, 0) is 10.0 Å². The Bertz CT molecular complexity index is 776. The predicted molar refractivity (Wildman–Crippen MR) is 105 cm³/mol. The second kappa shape index (κ2) is 8.51. The molecule has 156 valence electrons. The zero-order chi connectivity index (χ0) is 19.6. The minimum Gasteiger partial charge on any atom is -0.360 e. The van der Waals surface area contributed by atoms with Gasteiger partial charge in [0.05, 0.1) is 5.75 Å². The van der Waals surface area contributed by atoms with Crippen molar-refractivity contribution in [1.29, 1.82) is 0 Å². The van der Waals surface area contributed by atoms with Crippen LogP contribution in [0.15, 0.2) is 10.6 Å². The van der Waals surface area contributed by atoms with Gasteiger partial charge < -0.3 is 14.7 Å². The Morgan fingerprint density at radius 2 is 1.86 bits per heavy atom. The van der Waals surface area contributed by atoms with Crippen LogP contribution < -0.4 is 5.32 Å². The lowest BCUT2D eigenvalue weighted by Crippen LogP contribution is -2.47. The molecule has 8 nitrogen and oxygen atoms in total. The first-order valence-corrected chi connectivity index (χ1v) is 12.1.